The minimum Gasteiger partial charge on any atom is -0.362 e. The quantitative estimate of drug-likeness (QED) is 0.502. The number of hydrogen-bond acceptors (Lipinski definition) is 5. The lowest BCUT2D eigenvalue weighted by atomic mass is 9.74. The summed E-state index contributed by atoms with van der Waals surface area (Å²) in [5.41, 5.74) is 3.37. The second-order valence-corrected chi connectivity index (χ2v) is 9.97. The molecule has 1 amide bonds. The molecule has 1 aliphatic carbocycles. The first kappa shape index (κ1) is 20.8. The smallest absolute Gasteiger partial charge is 0.254 e. The van der Waals surface area contributed by atoms with Crippen LogP contribution >= 0.6 is 22.7 Å². The maximum Gasteiger partial charge on any atom is 0.254 e. The highest BCUT2D eigenvalue weighted by Gasteiger charge is 2.41. The van der Waals surface area contributed by atoms with Crippen LogP contribution in [0.2, 0.25) is 0 Å². The second kappa shape index (κ2) is 8.48. The van der Waals surface area contributed by atoms with E-state index in [0.717, 1.165) is 22.7 Å². The Labute approximate surface area is 193 Å². The second-order valence-electron chi connectivity index (χ2n) is 8.01. The number of nitrogens with one attached hydrogen (secondary N) is 2. The highest BCUT2D eigenvalue weighted by molar-refractivity contribution is 7.10. The third kappa shape index (κ3) is 3.82. The zero-order valence-corrected chi connectivity index (χ0v) is 19.0. The van der Waals surface area contributed by atoms with Crippen molar-refractivity contribution in [2.45, 2.75) is 31.6 Å². The summed E-state index contributed by atoms with van der Waals surface area (Å²) in [7, 11) is 0. The number of halogens is 1. The molecule has 5 rings (SSSR count). The molecule has 1 aliphatic heterocycles. The maximum absolute atomic E-state index is 13.4. The predicted molar refractivity (Wildman–Crippen MR) is 126 cm³/mol. The van der Waals surface area contributed by atoms with Gasteiger partial charge in [0.2, 0.25) is 0 Å². The Morgan fingerprint density at radius 2 is 1.72 bits per heavy atom. The van der Waals surface area contributed by atoms with Crippen molar-refractivity contribution in [2.24, 2.45) is 0 Å². The number of ketones is 1. The standard InChI is InChI=1S/C25H21FN2O2S2/c1-14-22(25(30)28-17-8-6-16(26)7-9-17)24(21-5-3-11-32-21)23-18(27-14)12-15(13-19(23)29)20-4-2-10-31-20/h2-11,15,24,27H,12-13H2,1H3,(H,28,30)/t15-,24-/m1/s1. The summed E-state index contributed by atoms with van der Waals surface area (Å²) in [6.45, 7) is 1.88. The monoisotopic (exact) mass is 464 g/mol. The van der Waals surface area contributed by atoms with Crippen molar-refractivity contribution in [1.82, 2.24) is 5.32 Å². The number of dihydropyridines is 1. The molecule has 3 aromatic rings. The Balaban J connectivity index is 1.52. The summed E-state index contributed by atoms with van der Waals surface area (Å²) < 4.78 is 13.3. The van der Waals surface area contributed by atoms with Crippen LogP contribution in [-0.4, -0.2) is 11.7 Å². The van der Waals surface area contributed by atoms with Gasteiger partial charge in [-0.15, -0.1) is 22.7 Å². The summed E-state index contributed by atoms with van der Waals surface area (Å²) in [6, 6.07) is 13.7. The number of amides is 1. The number of thiophene rings is 2. The molecular formula is C25H21FN2O2S2. The Morgan fingerprint density at radius 3 is 2.38 bits per heavy atom. The fourth-order valence-corrected chi connectivity index (χ4v) is 6.21. The van der Waals surface area contributed by atoms with Crippen LogP contribution in [0, 0.1) is 5.82 Å². The molecule has 2 aromatic heterocycles. The van der Waals surface area contributed by atoms with E-state index in [1.165, 1.54) is 29.1 Å². The van der Waals surface area contributed by atoms with Crippen LogP contribution in [-0.2, 0) is 9.59 Å². The molecule has 2 aliphatic rings. The first-order valence-electron chi connectivity index (χ1n) is 10.4. The molecule has 162 valence electrons. The zero-order chi connectivity index (χ0) is 22.2. The van der Waals surface area contributed by atoms with Crippen LogP contribution in [0.25, 0.3) is 0 Å². The summed E-state index contributed by atoms with van der Waals surface area (Å²) in [4.78, 5) is 29.0. The van der Waals surface area contributed by atoms with Crippen molar-refractivity contribution >= 4 is 40.1 Å². The van der Waals surface area contributed by atoms with Crippen LogP contribution < -0.4 is 10.6 Å². The number of carbonyl (C=O) groups excluding carboxylic acids is 2. The SMILES string of the molecule is CC1=C(C(=O)Nc2ccc(F)cc2)[C@@H](c2cccs2)C2=C(C[C@@H](c3cccs3)CC2=O)N1. The molecule has 0 unspecified atom stereocenters. The van der Waals surface area contributed by atoms with Crippen molar-refractivity contribution in [3.05, 3.63) is 97.4 Å². The van der Waals surface area contributed by atoms with Gasteiger partial charge in [0.25, 0.3) is 5.91 Å². The van der Waals surface area contributed by atoms with Gasteiger partial charge in [-0.05, 0) is 60.5 Å². The largest absolute Gasteiger partial charge is 0.362 e. The molecule has 0 radical (unpaired) electrons. The van der Waals surface area contributed by atoms with Crippen LogP contribution in [0.4, 0.5) is 10.1 Å². The van der Waals surface area contributed by atoms with E-state index in [9.17, 15) is 14.0 Å². The molecule has 3 heterocycles. The van der Waals surface area contributed by atoms with Crippen LogP contribution in [0.15, 0.2) is 81.8 Å². The predicted octanol–water partition coefficient (Wildman–Crippen LogP) is 5.95. The molecule has 4 nitrogen and oxygen atoms in total. The van der Waals surface area contributed by atoms with E-state index in [4.69, 9.17) is 0 Å². The van der Waals surface area contributed by atoms with Crippen molar-refractivity contribution in [2.75, 3.05) is 5.32 Å². The highest BCUT2D eigenvalue weighted by Crippen LogP contribution is 2.47. The molecule has 0 saturated carbocycles. The van der Waals surface area contributed by atoms with Gasteiger partial charge in [0.1, 0.15) is 5.82 Å². The average molecular weight is 465 g/mol. The molecule has 2 atom stereocenters. The molecule has 0 spiro atoms. The molecule has 7 heteroatoms. The van der Waals surface area contributed by atoms with Crippen molar-refractivity contribution < 1.29 is 14.0 Å². The van der Waals surface area contributed by atoms with Gasteiger partial charge in [-0.2, -0.15) is 0 Å². The Kier molecular flexibility index (Phi) is 5.53. The van der Waals surface area contributed by atoms with Gasteiger partial charge in [-0.25, -0.2) is 4.39 Å². The minimum atomic E-state index is -0.413. The lowest BCUT2D eigenvalue weighted by Crippen LogP contribution is -2.36. The summed E-state index contributed by atoms with van der Waals surface area (Å²) in [6.07, 6.45) is 1.18. The van der Waals surface area contributed by atoms with Crippen molar-refractivity contribution in [3.8, 4) is 0 Å². The fraction of sp³-hybridized carbons (Fsp3) is 0.200. The van der Waals surface area contributed by atoms with Crippen LogP contribution in [0.5, 0.6) is 0 Å². The number of Topliss-reactive ketones (excluding diaryl/α,β-unsaturated/α-hetero) is 1. The van der Waals surface area contributed by atoms with E-state index >= 15 is 0 Å². The topological polar surface area (TPSA) is 58.2 Å². The van der Waals surface area contributed by atoms with Gasteiger partial charge in [-0.1, -0.05) is 12.1 Å². The number of carbonyl (C=O) groups is 2. The lowest BCUT2D eigenvalue weighted by molar-refractivity contribution is -0.116. The van der Waals surface area contributed by atoms with Gasteiger partial charge in [0, 0.05) is 50.3 Å². The Bertz CT molecular complexity index is 1230. The van der Waals surface area contributed by atoms with E-state index in [1.807, 2.05) is 35.9 Å². The van der Waals surface area contributed by atoms with Crippen molar-refractivity contribution in [3.63, 3.8) is 0 Å². The molecule has 32 heavy (non-hydrogen) atoms. The van der Waals surface area contributed by atoms with E-state index < -0.39 is 5.92 Å². The van der Waals surface area contributed by atoms with Gasteiger partial charge in [0.05, 0.1) is 5.92 Å². The Morgan fingerprint density at radius 1 is 1.03 bits per heavy atom. The molecule has 0 bridgehead atoms. The molecule has 0 fully saturated rings. The Hall–Kier alpha value is -3.03. The first-order valence-corrected chi connectivity index (χ1v) is 12.1. The van der Waals surface area contributed by atoms with Gasteiger partial charge >= 0.3 is 0 Å². The first-order chi connectivity index (χ1) is 15.5. The minimum absolute atomic E-state index is 0.0788. The number of rotatable bonds is 4. The van der Waals surface area contributed by atoms with E-state index in [0.29, 0.717) is 23.3 Å². The highest BCUT2D eigenvalue weighted by atomic mass is 32.1. The van der Waals surface area contributed by atoms with Gasteiger partial charge in [0.15, 0.2) is 5.78 Å². The molecule has 2 N–H and O–H groups in total. The molecular weight excluding hydrogens is 443 g/mol. The number of hydrogen-bond donors (Lipinski definition) is 2. The van der Waals surface area contributed by atoms with Crippen LogP contribution in [0.3, 0.4) is 0 Å². The maximum atomic E-state index is 13.4. The molecule has 1 aromatic carbocycles. The van der Waals surface area contributed by atoms with Crippen LogP contribution in [0.1, 0.15) is 41.4 Å². The van der Waals surface area contributed by atoms with E-state index in [-0.39, 0.29) is 23.4 Å². The normalized spacial score (nSPS) is 20.8. The molecule has 0 saturated heterocycles. The fourth-order valence-electron chi connectivity index (χ4n) is 4.54. The lowest BCUT2D eigenvalue weighted by Gasteiger charge is -2.36. The average Bonchev–Trinajstić information content (AvgIpc) is 3.48. The van der Waals surface area contributed by atoms with Crippen molar-refractivity contribution in [1.29, 1.82) is 0 Å². The summed E-state index contributed by atoms with van der Waals surface area (Å²) in [5, 5.41) is 10.3. The number of anilines is 1. The third-order valence-electron chi connectivity index (χ3n) is 5.95. The van der Waals surface area contributed by atoms with Gasteiger partial charge < -0.3 is 10.6 Å². The number of allylic oxidation sites excluding steroid dienone is 3. The van der Waals surface area contributed by atoms with E-state index in [2.05, 4.69) is 16.7 Å². The van der Waals surface area contributed by atoms with E-state index in [1.54, 1.807) is 22.7 Å². The van der Waals surface area contributed by atoms with Gasteiger partial charge in [-0.3, -0.25) is 9.59 Å². The third-order valence-corrected chi connectivity index (χ3v) is 7.92. The zero-order valence-electron chi connectivity index (χ0n) is 17.4. The number of benzene rings is 1. The summed E-state index contributed by atoms with van der Waals surface area (Å²) in [5.74, 6) is -0.837. The summed E-state index contributed by atoms with van der Waals surface area (Å²) >= 11 is 3.22.